The van der Waals surface area contributed by atoms with E-state index in [0.717, 1.165) is 6.42 Å². The molecule has 0 unspecified atom stereocenters. The lowest BCUT2D eigenvalue weighted by atomic mass is 10.2. The van der Waals surface area contributed by atoms with Crippen LogP contribution in [0.1, 0.15) is 25.1 Å². The maximum atomic E-state index is 11.7. The Morgan fingerprint density at radius 3 is 2.32 bits per heavy atom. The molecule has 0 amide bonds. The van der Waals surface area contributed by atoms with Crippen molar-refractivity contribution >= 4 is 23.3 Å². The van der Waals surface area contributed by atoms with Crippen molar-refractivity contribution in [2.75, 3.05) is 13.2 Å². The van der Waals surface area contributed by atoms with Gasteiger partial charge in [-0.25, -0.2) is 9.59 Å². The van der Waals surface area contributed by atoms with Crippen LogP contribution in [-0.2, 0) is 25.5 Å². The maximum Gasteiger partial charge on any atom is 0.345 e. The first-order valence-corrected chi connectivity index (χ1v) is 7.13. The molecule has 1 rings (SSSR count). The van der Waals surface area contributed by atoms with E-state index in [4.69, 9.17) is 9.47 Å². The van der Waals surface area contributed by atoms with Gasteiger partial charge in [-0.3, -0.25) is 0 Å². The normalized spacial score (nSPS) is 9.79. The Kier molecular flexibility index (Phi) is 6.89. The molecule has 1 aromatic heterocycles. The van der Waals surface area contributed by atoms with Crippen LogP contribution in [0, 0.1) is 0 Å². The summed E-state index contributed by atoms with van der Waals surface area (Å²) in [5.74, 6) is -1.24. The number of carbonyl (C=O) groups excluding carboxylic acids is 2. The summed E-state index contributed by atoms with van der Waals surface area (Å²) in [7, 11) is 0. The van der Waals surface area contributed by atoms with Crippen molar-refractivity contribution in [2.45, 2.75) is 26.7 Å². The standard InChI is InChI=1S/C14H18O4S/c1-3-17-13(15)12(14(16)18-4-2)9-5-7-11-8-6-10-19-11/h6,8-10H,3-5,7H2,1-2H3. The summed E-state index contributed by atoms with van der Waals surface area (Å²) in [5.41, 5.74) is -0.0137. The number of carbonyl (C=O) groups is 2. The molecule has 4 nitrogen and oxygen atoms in total. The Labute approximate surface area is 117 Å². The Morgan fingerprint density at radius 2 is 1.84 bits per heavy atom. The van der Waals surface area contributed by atoms with E-state index >= 15 is 0 Å². The zero-order valence-electron chi connectivity index (χ0n) is 11.2. The average Bonchev–Trinajstić information content (AvgIpc) is 2.88. The van der Waals surface area contributed by atoms with Crippen LogP contribution in [0.3, 0.4) is 0 Å². The Morgan fingerprint density at radius 1 is 1.21 bits per heavy atom. The Hall–Kier alpha value is -1.62. The van der Waals surface area contributed by atoms with Crippen LogP contribution < -0.4 is 0 Å². The van der Waals surface area contributed by atoms with Crippen LogP contribution in [0.4, 0.5) is 0 Å². The number of thiophene rings is 1. The molecular formula is C14H18O4S. The Bertz CT molecular complexity index is 414. The van der Waals surface area contributed by atoms with Crippen molar-refractivity contribution in [2.24, 2.45) is 0 Å². The summed E-state index contributed by atoms with van der Waals surface area (Å²) >= 11 is 1.65. The van der Waals surface area contributed by atoms with Gasteiger partial charge < -0.3 is 9.47 Å². The van der Waals surface area contributed by atoms with Crippen LogP contribution in [0.2, 0.25) is 0 Å². The van der Waals surface area contributed by atoms with E-state index in [0.29, 0.717) is 6.42 Å². The molecular weight excluding hydrogens is 264 g/mol. The molecule has 0 aromatic carbocycles. The van der Waals surface area contributed by atoms with Crippen molar-refractivity contribution < 1.29 is 19.1 Å². The minimum absolute atomic E-state index is 0.0137. The monoisotopic (exact) mass is 282 g/mol. The van der Waals surface area contributed by atoms with Gasteiger partial charge in [-0.2, -0.15) is 0 Å². The quantitative estimate of drug-likeness (QED) is 0.334. The van der Waals surface area contributed by atoms with E-state index in [1.54, 1.807) is 31.3 Å². The molecule has 0 aliphatic heterocycles. The molecule has 19 heavy (non-hydrogen) atoms. The first-order chi connectivity index (χ1) is 9.19. The van der Waals surface area contributed by atoms with Gasteiger partial charge in [0.1, 0.15) is 5.57 Å². The lowest BCUT2D eigenvalue weighted by molar-refractivity contribution is -0.146. The molecule has 0 atom stereocenters. The molecule has 0 saturated carbocycles. The molecule has 0 spiro atoms. The molecule has 0 fully saturated rings. The predicted molar refractivity (Wildman–Crippen MR) is 74.0 cm³/mol. The number of hydrogen-bond donors (Lipinski definition) is 0. The topological polar surface area (TPSA) is 52.6 Å². The fourth-order valence-corrected chi connectivity index (χ4v) is 2.21. The molecule has 0 aliphatic rings. The molecule has 104 valence electrons. The second-order valence-corrected chi connectivity index (χ2v) is 4.71. The lowest BCUT2D eigenvalue weighted by Gasteiger charge is -2.06. The van der Waals surface area contributed by atoms with Crippen LogP contribution in [0.25, 0.3) is 0 Å². The van der Waals surface area contributed by atoms with E-state index in [-0.39, 0.29) is 18.8 Å². The van der Waals surface area contributed by atoms with Gasteiger partial charge in [0.15, 0.2) is 0 Å². The van der Waals surface area contributed by atoms with E-state index in [1.807, 2.05) is 17.5 Å². The fourth-order valence-electron chi connectivity index (χ4n) is 1.48. The highest BCUT2D eigenvalue weighted by molar-refractivity contribution is 7.09. The fraction of sp³-hybridized carbons (Fsp3) is 0.429. The summed E-state index contributed by atoms with van der Waals surface area (Å²) < 4.78 is 9.71. The highest BCUT2D eigenvalue weighted by Gasteiger charge is 2.20. The molecule has 0 bridgehead atoms. The summed E-state index contributed by atoms with van der Waals surface area (Å²) in [6, 6.07) is 3.99. The third kappa shape index (κ3) is 5.26. The number of esters is 2. The van der Waals surface area contributed by atoms with Crippen molar-refractivity contribution in [3.8, 4) is 0 Å². The van der Waals surface area contributed by atoms with Gasteiger partial charge >= 0.3 is 11.9 Å². The van der Waals surface area contributed by atoms with Crippen LogP contribution in [-0.4, -0.2) is 25.2 Å². The first-order valence-electron chi connectivity index (χ1n) is 6.25. The van der Waals surface area contributed by atoms with E-state index < -0.39 is 11.9 Å². The third-order valence-corrected chi connectivity index (χ3v) is 3.25. The van der Waals surface area contributed by atoms with Crippen molar-refractivity contribution in [3.63, 3.8) is 0 Å². The van der Waals surface area contributed by atoms with Gasteiger partial charge in [-0.15, -0.1) is 11.3 Å². The Balaban J connectivity index is 2.66. The molecule has 1 heterocycles. The third-order valence-electron chi connectivity index (χ3n) is 2.31. The van der Waals surface area contributed by atoms with Crippen molar-refractivity contribution in [3.05, 3.63) is 34.0 Å². The zero-order valence-corrected chi connectivity index (χ0v) is 12.0. The van der Waals surface area contributed by atoms with E-state index in [9.17, 15) is 9.59 Å². The van der Waals surface area contributed by atoms with Crippen molar-refractivity contribution in [1.29, 1.82) is 0 Å². The maximum absolute atomic E-state index is 11.7. The minimum Gasteiger partial charge on any atom is -0.462 e. The molecule has 0 saturated heterocycles. The van der Waals surface area contributed by atoms with Gasteiger partial charge in [0.2, 0.25) is 0 Å². The van der Waals surface area contributed by atoms with Gasteiger partial charge in [-0.1, -0.05) is 12.1 Å². The number of allylic oxidation sites excluding steroid dienone is 1. The largest absolute Gasteiger partial charge is 0.462 e. The zero-order chi connectivity index (χ0) is 14.1. The second kappa shape index (κ2) is 8.48. The molecule has 1 aromatic rings. The van der Waals surface area contributed by atoms with E-state index in [1.165, 1.54) is 4.88 Å². The predicted octanol–water partition coefficient (Wildman–Crippen LogP) is 2.73. The SMILES string of the molecule is CCOC(=O)C(=CCCc1cccs1)C(=O)OCC. The molecule has 0 aliphatic carbocycles. The van der Waals surface area contributed by atoms with E-state index in [2.05, 4.69) is 0 Å². The number of hydrogen-bond acceptors (Lipinski definition) is 5. The van der Waals surface area contributed by atoms with Gasteiger partial charge in [0, 0.05) is 4.88 Å². The lowest BCUT2D eigenvalue weighted by Crippen LogP contribution is -2.18. The number of aryl methyl sites for hydroxylation is 1. The van der Waals surface area contributed by atoms with Gasteiger partial charge in [0.05, 0.1) is 13.2 Å². The smallest absolute Gasteiger partial charge is 0.345 e. The van der Waals surface area contributed by atoms with Gasteiger partial charge in [-0.05, 0) is 38.1 Å². The summed E-state index contributed by atoms with van der Waals surface area (Å²) in [6.07, 6.45) is 2.99. The second-order valence-electron chi connectivity index (χ2n) is 3.68. The van der Waals surface area contributed by atoms with Gasteiger partial charge in [0.25, 0.3) is 0 Å². The molecule has 5 heteroatoms. The summed E-state index contributed by atoms with van der Waals surface area (Å²) in [4.78, 5) is 24.5. The summed E-state index contributed by atoms with van der Waals surface area (Å²) in [6.45, 7) is 3.87. The van der Waals surface area contributed by atoms with Crippen LogP contribution >= 0.6 is 11.3 Å². The number of ether oxygens (including phenoxy) is 2. The highest BCUT2D eigenvalue weighted by atomic mass is 32.1. The first kappa shape index (κ1) is 15.4. The molecule has 0 N–H and O–H groups in total. The van der Waals surface area contributed by atoms with Crippen LogP contribution in [0.5, 0.6) is 0 Å². The summed E-state index contributed by atoms with van der Waals surface area (Å²) in [5, 5.41) is 2.00. The van der Waals surface area contributed by atoms with Crippen LogP contribution in [0.15, 0.2) is 29.2 Å². The van der Waals surface area contributed by atoms with Crippen molar-refractivity contribution in [1.82, 2.24) is 0 Å². The number of rotatable bonds is 7. The highest BCUT2D eigenvalue weighted by Crippen LogP contribution is 2.12. The molecule has 0 radical (unpaired) electrons. The average molecular weight is 282 g/mol. The minimum atomic E-state index is -0.618.